The fraction of sp³-hybridized carbons (Fsp3) is 0.500. The highest BCUT2D eigenvalue weighted by Gasteiger charge is 2.32. The van der Waals surface area contributed by atoms with Gasteiger partial charge in [-0.15, -0.1) is 11.8 Å². The van der Waals surface area contributed by atoms with E-state index in [4.69, 9.17) is 15.3 Å². The van der Waals surface area contributed by atoms with E-state index in [-0.39, 0.29) is 24.9 Å². The van der Waals surface area contributed by atoms with Gasteiger partial charge < -0.3 is 25.3 Å². The van der Waals surface area contributed by atoms with Crippen molar-refractivity contribution in [1.82, 2.24) is 9.88 Å². The summed E-state index contributed by atoms with van der Waals surface area (Å²) in [5.41, 5.74) is 1.27. The quantitative estimate of drug-likeness (QED) is 0.606. The van der Waals surface area contributed by atoms with E-state index in [1.165, 1.54) is 29.8 Å². The number of pyridine rings is 1. The molecule has 9 heteroatoms. The number of amides is 1. The Labute approximate surface area is 137 Å². The van der Waals surface area contributed by atoms with E-state index < -0.39 is 12.0 Å². The van der Waals surface area contributed by atoms with Crippen LogP contribution in [0.2, 0.25) is 0 Å². The zero-order chi connectivity index (χ0) is 17.6. The van der Waals surface area contributed by atoms with Crippen molar-refractivity contribution in [2.75, 3.05) is 11.6 Å². The van der Waals surface area contributed by atoms with Gasteiger partial charge in [-0.2, -0.15) is 0 Å². The van der Waals surface area contributed by atoms with E-state index in [9.17, 15) is 14.7 Å². The molecule has 128 valence electrons. The second-order valence-electron chi connectivity index (χ2n) is 4.85. The molecule has 0 aromatic carbocycles. The molecule has 1 unspecified atom stereocenters. The summed E-state index contributed by atoms with van der Waals surface area (Å²) in [6.07, 6.45) is 1.45. The average molecular weight is 344 g/mol. The largest absolute Gasteiger partial charge is 0.506 e. The van der Waals surface area contributed by atoms with E-state index in [1.54, 1.807) is 6.92 Å². The Morgan fingerprint density at radius 3 is 2.48 bits per heavy atom. The number of carboxylic acid groups (broad SMARTS) is 1. The summed E-state index contributed by atoms with van der Waals surface area (Å²) in [4.78, 5) is 26.5. The number of aromatic nitrogens is 1. The van der Waals surface area contributed by atoms with Crippen LogP contribution in [0, 0.1) is 6.92 Å². The number of carbonyl (C=O) groups excluding carboxylic acids is 1. The van der Waals surface area contributed by atoms with Crippen LogP contribution >= 0.6 is 11.8 Å². The third-order valence-corrected chi connectivity index (χ3v) is 4.34. The topological polar surface area (TPSA) is 131 Å². The van der Waals surface area contributed by atoms with Gasteiger partial charge in [0.25, 0.3) is 0 Å². The highest BCUT2D eigenvalue weighted by molar-refractivity contribution is 7.99. The van der Waals surface area contributed by atoms with E-state index in [2.05, 4.69) is 4.98 Å². The molecule has 0 radical (unpaired) electrons. The number of nitrogens with zero attached hydrogens (tertiary/aromatic N) is 2. The lowest BCUT2D eigenvalue weighted by molar-refractivity contribution is -0.146. The smallest absolute Gasteiger partial charge is 0.327 e. The first-order valence-corrected chi connectivity index (χ1v) is 7.94. The van der Waals surface area contributed by atoms with Crippen molar-refractivity contribution in [3.63, 3.8) is 0 Å². The van der Waals surface area contributed by atoms with Crippen LogP contribution in [0.25, 0.3) is 0 Å². The van der Waals surface area contributed by atoms with Gasteiger partial charge in [-0.1, -0.05) is 0 Å². The van der Waals surface area contributed by atoms with Crippen LogP contribution in [0.5, 0.6) is 5.75 Å². The molecule has 8 nitrogen and oxygen atoms in total. The number of hydrogen-bond donors (Lipinski definition) is 4. The van der Waals surface area contributed by atoms with Crippen LogP contribution in [0.3, 0.4) is 0 Å². The summed E-state index contributed by atoms with van der Waals surface area (Å²) < 4.78 is 0. The summed E-state index contributed by atoms with van der Waals surface area (Å²) in [6.45, 7) is 2.51. The Balaban J connectivity index is 0.000000231. The van der Waals surface area contributed by atoms with Crippen LogP contribution in [-0.2, 0) is 22.8 Å². The zero-order valence-electron chi connectivity index (χ0n) is 12.9. The van der Waals surface area contributed by atoms with Crippen molar-refractivity contribution in [3.05, 3.63) is 23.0 Å². The van der Waals surface area contributed by atoms with E-state index in [0.29, 0.717) is 28.5 Å². The van der Waals surface area contributed by atoms with Crippen molar-refractivity contribution in [2.45, 2.75) is 33.1 Å². The number of aliphatic carboxylic acids is 1. The van der Waals surface area contributed by atoms with Crippen molar-refractivity contribution >= 4 is 23.6 Å². The maximum Gasteiger partial charge on any atom is 0.327 e. The van der Waals surface area contributed by atoms with Gasteiger partial charge in [0.2, 0.25) is 5.91 Å². The van der Waals surface area contributed by atoms with Gasteiger partial charge in [-0.25, -0.2) is 4.79 Å². The van der Waals surface area contributed by atoms with Gasteiger partial charge in [-0.05, 0) is 6.92 Å². The normalized spacial score (nSPS) is 16.7. The molecule has 4 N–H and O–H groups in total. The number of aryl methyl sites for hydroxylation is 1. The van der Waals surface area contributed by atoms with Gasteiger partial charge in [0, 0.05) is 30.0 Å². The van der Waals surface area contributed by atoms with Crippen molar-refractivity contribution in [1.29, 1.82) is 0 Å². The molecule has 1 fully saturated rings. The minimum Gasteiger partial charge on any atom is -0.506 e. The summed E-state index contributed by atoms with van der Waals surface area (Å²) in [5, 5.41) is 35.7. The average Bonchev–Trinajstić information content (AvgIpc) is 3.00. The minimum absolute atomic E-state index is 0.0379. The monoisotopic (exact) mass is 344 g/mol. The number of aliphatic hydroxyl groups excluding tert-OH is 2. The first-order valence-electron chi connectivity index (χ1n) is 6.79. The number of carboxylic acids is 1. The molecule has 1 aliphatic rings. The van der Waals surface area contributed by atoms with Gasteiger partial charge in [0.1, 0.15) is 11.8 Å². The number of rotatable bonds is 3. The highest BCUT2D eigenvalue weighted by Crippen LogP contribution is 2.23. The first kappa shape index (κ1) is 19.2. The Hall–Kier alpha value is -1.84. The summed E-state index contributed by atoms with van der Waals surface area (Å²) in [5.74, 6) is -0.0991. The molecule has 0 aliphatic carbocycles. The van der Waals surface area contributed by atoms with E-state index in [0.717, 1.165) is 0 Å². The summed E-state index contributed by atoms with van der Waals surface area (Å²) in [7, 11) is 0. The van der Waals surface area contributed by atoms with Gasteiger partial charge in [0.05, 0.1) is 24.8 Å². The predicted molar refractivity (Wildman–Crippen MR) is 83.8 cm³/mol. The van der Waals surface area contributed by atoms with Crippen molar-refractivity contribution in [2.24, 2.45) is 0 Å². The third-order valence-electron chi connectivity index (χ3n) is 3.33. The zero-order valence-corrected chi connectivity index (χ0v) is 13.7. The summed E-state index contributed by atoms with van der Waals surface area (Å²) >= 11 is 1.47. The fourth-order valence-electron chi connectivity index (χ4n) is 1.95. The molecule has 1 aromatic heterocycles. The Morgan fingerprint density at radius 1 is 1.39 bits per heavy atom. The standard InChI is InChI=1S/C8H11NO3.C6H9NO3S/c1-5-8(12)7(4-11)6(3-10)2-9-5;1-4(8)7-3-11-2-5(7)6(9)10/h2,10-12H,3-4H2,1H3;5H,2-3H2,1H3,(H,9,10). The molecule has 1 aromatic rings. The molecular formula is C14H20N2O6S. The second kappa shape index (κ2) is 8.70. The molecule has 1 atom stereocenters. The fourth-order valence-corrected chi connectivity index (χ4v) is 3.16. The number of aliphatic hydroxyl groups is 2. The number of thioether (sulfide) groups is 1. The van der Waals surface area contributed by atoms with Crippen LogP contribution in [0.15, 0.2) is 6.20 Å². The predicted octanol–water partition coefficient (Wildman–Crippen LogP) is 0.0726. The van der Waals surface area contributed by atoms with Gasteiger partial charge in [-0.3, -0.25) is 9.78 Å². The first-order chi connectivity index (χ1) is 10.8. The van der Waals surface area contributed by atoms with Crippen LogP contribution in [0.1, 0.15) is 23.7 Å². The molecule has 0 spiro atoms. The minimum atomic E-state index is -0.912. The Kier molecular flexibility index (Phi) is 7.27. The maximum atomic E-state index is 10.8. The molecule has 1 amide bonds. The van der Waals surface area contributed by atoms with Crippen LogP contribution < -0.4 is 0 Å². The van der Waals surface area contributed by atoms with E-state index in [1.807, 2.05) is 0 Å². The van der Waals surface area contributed by atoms with E-state index >= 15 is 0 Å². The molecular weight excluding hydrogens is 324 g/mol. The number of aromatic hydroxyl groups is 1. The summed E-state index contributed by atoms with van der Waals surface area (Å²) in [6, 6.07) is -0.613. The lowest BCUT2D eigenvalue weighted by Crippen LogP contribution is -2.40. The molecule has 2 heterocycles. The molecule has 0 bridgehead atoms. The number of carbonyl (C=O) groups is 2. The number of hydrogen-bond acceptors (Lipinski definition) is 7. The van der Waals surface area contributed by atoms with Crippen molar-refractivity contribution in [3.8, 4) is 5.75 Å². The van der Waals surface area contributed by atoms with Gasteiger partial charge in [0.15, 0.2) is 0 Å². The highest BCUT2D eigenvalue weighted by atomic mass is 32.2. The molecule has 1 saturated heterocycles. The molecule has 0 saturated carbocycles. The third kappa shape index (κ3) is 4.81. The Bertz CT molecular complexity index is 561. The van der Waals surface area contributed by atoms with Crippen molar-refractivity contribution < 1.29 is 30.0 Å². The molecule has 1 aliphatic heterocycles. The van der Waals surface area contributed by atoms with Crippen LogP contribution in [-0.4, -0.2) is 59.9 Å². The Morgan fingerprint density at radius 2 is 2.04 bits per heavy atom. The SMILES string of the molecule is CC(=O)N1CSCC1C(=O)O.Cc1ncc(CO)c(CO)c1O. The lowest BCUT2D eigenvalue weighted by Gasteiger charge is -2.17. The maximum absolute atomic E-state index is 10.8. The molecule has 23 heavy (non-hydrogen) atoms. The van der Waals surface area contributed by atoms with Crippen LogP contribution in [0.4, 0.5) is 0 Å². The molecule has 2 rings (SSSR count). The van der Waals surface area contributed by atoms with Gasteiger partial charge >= 0.3 is 5.97 Å². The second-order valence-corrected chi connectivity index (χ2v) is 5.85. The lowest BCUT2D eigenvalue weighted by atomic mass is 10.1.